The molecule has 0 radical (unpaired) electrons. The third-order valence-corrected chi connectivity index (χ3v) is 7.24. The van der Waals surface area contributed by atoms with Crippen molar-refractivity contribution in [3.05, 3.63) is 98.5 Å². The molecule has 5 rings (SSSR count). The minimum atomic E-state index is -2.01. The van der Waals surface area contributed by atoms with Crippen LogP contribution < -0.4 is 10.2 Å². The van der Waals surface area contributed by atoms with Gasteiger partial charge in [0, 0.05) is 28.2 Å². The Morgan fingerprint density at radius 1 is 1.03 bits per heavy atom. The van der Waals surface area contributed by atoms with Crippen molar-refractivity contribution in [1.29, 1.82) is 0 Å². The summed E-state index contributed by atoms with van der Waals surface area (Å²) in [5.74, 6) is -5.69. The monoisotopic (exact) mass is 551 g/mol. The first kappa shape index (κ1) is 23.6. The van der Waals surface area contributed by atoms with Crippen molar-refractivity contribution in [2.24, 2.45) is 11.8 Å². The van der Waals surface area contributed by atoms with Gasteiger partial charge in [-0.25, -0.2) is 9.69 Å². The maximum atomic E-state index is 13.9. The maximum absolute atomic E-state index is 13.9. The molecule has 0 bridgehead atoms. The molecule has 4 atom stereocenters. The van der Waals surface area contributed by atoms with E-state index in [4.69, 9.17) is 0 Å². The molecule has 2 amide bonds. The predicted octanol–water partition coefficient (Wildman–Crippen LogP) is 3.49. The van der Waals surface area contributed by atoms with Gasteiger partial charge in [-0.1, -0.05) is 52.3 Å². The molecular formula is C25H18BrN3O7. The highest BCUT2D eigenvalue weighted by Gasteiger charge is 2.69. The van der Waals surface area contributed by atoms with Crippen LogP contribution in [0.3, 0.4) is 0 Å². The van der Waals surface area contributed by atoms with Gasteiger partial charge in [-0.2, -0.15) is 0 Å². The number of fused-ring (bicyclic) bond motifs is 1. The molecule has 2 fully saturated rings. The zero-order valence-corrected chi connectivity index (χ0v) is 20.0. The first-order valence-corrected chi connectivity index (χ1v) is 11.6. The van der Waals surface area contributed by atoms with Gasteiger partial charge in [-0.15, -0.1) is 0 Å². The molecule has 2 heterocycles. The Labute approximate surface area is 212 Å². The van der Waals surface area contributed by atoms with E-state index in [-0.39, 0.29) is 28.3 Å². The molecule has 0 aliphatic carbocycles. The van der Waals surface area contributed by atoms with Gasteiger partial charge >= 0.3 is 5.97 Å². The zero-order chi connectivity index (χ0) is 25.8. The van der Waals surface area contributed by atoms with E-state index >= 15 is 0 Å². The molecule has 3 N–H and O–H groups in total. The lowest BCUT2D eigenvalue weighted by Gasteiger charge is -2.31. The number of rotatable bonds is 5. The van der Waals surface area contributed by atoms with Crippen LogP contribution in [0, 0.1) is 22.0 Å². The molecule has 10 nitrogen and oxygen atoms in total. The van der Waals surface area contributed by atoms with Gasteiger partial charge in [-0.3, -0.25) is 25.0 Å². The number of nitro benzene ring substituents is 1. The molecule has 3 aromatic rings. The van der Waals surface area contributed by atoms with Crippen molar-refractivity contribution in [2.75, 3.05) is 4.90 Å². The van der Waals surface area contributed by atoms with Crippen molar-refractivity contribution in [3.63, 3.8) is 0 Å². The molecule has 3 aromatic carbocycles. The van der Waals surface area contributed by atoms with Crippen molar-refractivity contribution in [1.82, 2.24) is 5.32 Å². The predicted molar refractivity (Wildman–Crippen MR) is 130 cm³/mol. The number of phenolic OH excluding ortho intramolecular Hbond substituents is 1. The van der Waals surface area contributed by atoms with Gasteiger partial charge in [0.1, 0.15) is 5.75 Å². The first-order valence-electron chi connectivity index (χ1n) is 10.8. The van der Waals surface area contributed by atoms with Gasteiger partial charge in [0.25, 0.3) is 5.69 Å². The second-order valence-electron chi connectivity index (χ2n) is 8.60. The Bertz CT molecular complexity index is 1430. The van der Waals surface area contributed by atoms with Crippen LogP contribution in [-0.4, -0.2) is 32.9 Å². The Balaban J connectivity index is 1.74. The van der Waals surface area contributed by atoms with Crippen LogP contribution in [0.4, 0.5) is 11.4 Å². The number of aliphatic carboxylic acids is 1. The molecule has 0 spiro atoms. The Morgan fingerprint density at radius 3 is 2.42 bits per heavy atom. The number of nitrogens with one attached hydrogen (secondary N) is 1. The van der Waals surface area contributed by atoms with Gasteiger partial charge in [-0.05, 0) is 29.8 Å². The van der Waals surface area contributed by atoms with Crippen LogP contribution in [0.2, 0.25) is 0 Å². The van der Waals surface area contributed by atoms with Crippen LogP contribution >= 0.6 is 15.9 Å². The minimum Gasteiger partial charge on any atom is -0.508 e. The van der Waals surface area contributed by atoms with Gasteiger partial charge in [0.15, 0.2) is 5.54 Å². The average molecular weight is 552 g/mol. The number of anilines is 1. The van der Waals surface area contributed by atoms with E-state index < -0.39 is 46.1 Å². The van der Waals surface area contributed by atoms with Crippen molar-refractivity contribution < 1.29 is 29.5 Å². The number of carbonyl (C=O) groups excluding carboxylic acids is 2. The summed E-state index contributed by atoms with van der Waals surface area (Å²) < 4.78 is 0.577. The number of carbonyl (C=O) groups is 3. The van der Waals surface area contributed by atoms with Crippen molar-refractivity contribution in [2.45, 2.75) is 11.6 Å². The summed E-state index contributed by atoms with van der Waals surface area (Å²) in [4.78, 5) is 52.1. The Morgan fingerprint density at radius 2 is 1.75 bits per heavy atom. The standard InChI is InChI=1S/C25H18BrN3O7/c26-14-9-10-18(30)17(11-14)21-19-20(25(27-21,24(33)34)13-5-2-1-3-6-13)23(32)28(22(19)31)15-7-4-8-16(12-15)29(35)36/h1-12,19-21,27,30H,(H,33,34). The number of imide groups is 1. The zero-order valence-electron chi connectivity index (χ0n) is 18.4. The summed E-state index contributed by atoms with van der Waals surface area (Å²) in [6, 6.07) is 16.6. The van der Waals surface area contributed by atoms with Crippen LogP contribution in [0.25, 0.3) is 0 Å². The summed E-state index contributed by atoms with van der Waals surface area (Å²) in [5, 5.41) is 35.5. The maximum Gasteiger partial charge on any atom is 0.329 e. The second-order valence-corrected chi connectivity index (χ2v) is 9.51. The number of nitrogens with zero attached hydrogens (tertiary/aromatic N) is 2. The number of phenols is 1. The number of aromatic hydroxyl groups is 1. The van der Waals surface area contributed by atoms with Crippen LogP contribution in [0.1, 0.15) is 17.2 Å². The van der Waals surface area contributed by atoms with Gasteiger partial charge < -0.3 is 10.2 Å². The number of non-ortho nitro benzene ring substituents is 1. The molecule has 2 aliphatic rings. The largest absolute Gasteiger partial charge is 0.508 e. The van der Waals surface area contributed by atoms with Crippen molar-refractivity contribution >= 4 is 45.1 Å². The van der Waals surface area contributed by atoms with E-state index in [1.807, 2.05) is 0 Å². The van der Waals surface area contributed by atoms with E-state index in [0.29, 0.717) is 4.47 Å². The topological polar surface area (TPSA) is 150 Å². The van der Waals surface area contributed by atoms with Gasteiger partial charge in [0.2, 0.25) is 11.8 Å². The van der Waals surface area contributed by atoms with Gasteiger partial charge in [0.05, 0.1) is 22.4 Å². The highest BCUT2D eigenvalue weighted by Crippen LogP contribution is 2.55. The fraction of sp³-hybridized carbons (Fsp3) is 0.160. The molecule has 11 heteroatoms. The normalized spacial score (nSPS) is 25.1. The fourth-order valence-corrected chi connectivity index (χ4v) is 5.61. The number of benzene rings is 3. The lowest BCUT2D eigenvalue weighted by molar-refractivity contribution is -0.384. The average Bonchev–Trinajstić information content (AvgIpc) is 3.35. The molecule has 2 aliphatic heterocycles. The van der Waals surface area contributed by atoms with E-state index in [0.717, 1.165) is 11.0 Å². The number of hydrogen-bond donors (Lipinski definition) is 3. The molecule has 0 saturated carbocycles. The lowest BCUT2D eigenvalue weighted by atomic mass is 9.75. The summed E-state index contributed by atoms with van der Waals surface area (Å²) in [6.07, 6.45) is 0. The van der Waals surface area contributed by atoms with Crippen LogP contribution in [0.15, 0.2) is 77.3 Å². The molecular weight excluding hydrogens is 534 g/mol. The summed E-state index contributed by atoms with van der Waals surface area (Å²) in [7, 11) is 0. The summed E-state index contributed by atoms with van der Waals surface area (Å²) in [5.41, 5.74) is -1.87. The molecule has 36 heavy (non-hydrogen) atoms. The number of amides is 2. The Kier molecular flexibility index (Phi) is 5.61. The third kappa shape index (κ3) is 3.39. The van der Waals surface area contributed by atoms with Crippen LogP contribution in [0.5, 0.6) is 5.75 Å². The molecule has 0 aromatic heterocycles. The van der Waals surface area contributed by atoms with E-state index in [1.165, 1.54) is 24.3 Å². The fourth-order valence-electron chi connectivity index (χ4n) is 5.24. The Hall–Kier alpha value is -4.09. The molecule has 2 saturated heterocycles. The molecule has 182 valence electrons. The number of nitro groups is 1. The first-order chi connectivity index (χ1) is 17.2. The van der Waals surface area contributed by atoms with E-state index in [2.05, 4.69) is 21.2 Å². The highest BCUT2D eigenvalue weighted by molar-refractivity contribution is 9.10. The van der Waals surface area contributed by atoms with Crippen LogP contribution in [-0.2, 0) is 19.9 Å². The quantitative estimate of drug-likeness (QED) is 0.247. The number of halogens is 1. The second kappa shape index (κ2) is 8.54. The lowest BCUT2D eigenvalue weighted by Crippen LogP contribution is -2.53. The van der Waals surface area contributed by atoms with Crippen molar-refractivity contribution in [3.8, 4) is 5.75 Å². The SMILES string of the molecule is O=C1C2C(c3cc(Br)ccc3O)NC(C(=O)O)(c3ccccc3)C2C(=O)N1c1cccc([N+](=O)[O-])c1. The summed E-state index contributed by atoms with van der Waals surface area (Å²) in [6.45, 7) is 0. The van der Waals surface area contributed by atoms with E-state index in [1.54, 1.807) is 42.5 Å². The minimum absolute atomic E-state index is 0.0295. The van der Waals surface area contributed by atoms with E-state index in [9.17, 15) is 34.7 Å². The molecule has 4 unspecified atom stereocenters. The number of carboxylic acid groups (broad SMARTS) is 1. The highest BCUT2D eigenvalue weighted by atomic mass is 79.9. The smallest absolute Gasteiger partial charge is 0.329 e. The number of carboxylic acids is 1. The summed E-state index contributed by atoms with van der Waals surface area (Å²) >= 11 is 3.33. The third-order valence-electron chi connectivity index (χ3n) is 6.75. The number of hydrogen-bond acceptors (Lipinski definition) is 7.